The van der Waals surface area contributed by atoms with Gasteiger partial charge in [0.25, 0.3) is 0 Å². The summed E-state index contributed by atoms with van der Waals surface area (Å²) in [6.07, 6.45) is 3.26. The number of rotatable bonds is 7. The van der Waals surface area contributed by atoms with Gasteiger partial charge in [-0.3, -0.25) is 9.97 Å². The SMILES string of the molecule is COc1nc(-c2cccc(-c3cccc(-c4cnc(C(C)N)c(OC)n4)c3Cl)c2Cl)cnc1C(C)N. The van der Waals surface area contributed by atoms with Crippen LogP contribution in [0.1, 0.15) is 37.3 Å². The van der Waals surface area contributed by atoms with Gasteiger partial charge in [0.15, 0.2) is 0 Å². The van der Waals surface area contributed by atoms with E-state index in [1.807, 2.05) is 50.2 Å². The molecule has 4 rings (SSSR count). The predicted octanol–water partition coefficient (Wildman–Crippen LogP) is 5.63. The molecule has 10 heteroatoms. The number of ether oxygens (including phenoxy) is 2. The number of hydrogen-bond acceptors (Lipinski definition) is 8. The largest absolute Gasteiger partial charge is 0.480 e. The highest BCUT2D eigenvalue weighted by molar-refractivity contribution is 6.39. The van der Waals surface area contributed by atoms with E-state index in [0.29, 0.717) is 55.7 Å². The van der Waals surface area contributed by atoms with Gasteiger partial charge < -0.3 is 20.9 Å². The number of benzene rings is 2. The molecule has 0 aliphatic carbocycles. The van der Waals surface area contributed by atoms with Crippen molar-refractivity contribution in [1.29, 1.82) is 0 Å². The van der Waals surface area contributed by atoms with Crippen molar-refractivity contribution in [1.82, 2.24) is 19.9 Å². The maximum atomic E-state index is 6.90. The van der Waals surface area contributed by atoms with Crippen molar-refractivity contribution in [2.45, 2.75) is 25.9 Å². The summed E-state index contributed by atoms with van der Waals surface area (Å²) in [7, 11) is 3.06. The molecule has 0 amide bonds. The van der Waals surface area contributed by atoms with E-state index < -0.39 is 0 Å². The molecule has 0 spiro atoms. The highest BCUT2D eigenvalue weighted by atomic mass is 35.5. The van der Waals surface area contributed by atoms with Gasteiger partial charge in [0.2, 0.25) is 11.8 Å². The summed E-state index contributed by atoms with van der Waals surface area (Å²) in [5.74, 6) is 0.707. The van der Waals surface area contributed by atoms with Crippen LogP contribution in [0.5, 0.6) is 11.8 Å². The molecular formula is C26H26Cl2N6O2. The second-order valence-electron chi connectivity index (χ2n) is 8.21. The number of hydrogen-bond donors (Lipinski definition) is 2. The fraction of sp³-hybridized carbons (Fsp3) is 0.231. The third-order valence-corrected chi connectivity index (χ3v) is 6.44. The Bertz CT molecular complexity index is 1300. The van der Waals surface area contributed by atoms with E-state index in [0.717, 1.165) is 11.1 Å². The number of halogens is 2. The van der Waals surface area contributed by atoms with E-state index >= 15 is 0 Å². The second-order valence-corrected chi connectivity index (χ2v) is 8.97. The first-order chi connectivity index (χ1) is 17.3. The van der Waals surface area contributed by atoms with E-state index in [1.54, 1.807) is 12.4 Å². The summed E-state index contributed by atoms with van der Waals surface area (Å²) < 4.78 is 10.8. The molecule has 2 atom stereocenters. The molecule has 4 aromatic rings. The second kappa shape index (κ2) is 10.8. The molecule has 8 nitrogen and oxygen atoms in total. The molecule has 4 N–H and O–H groups in total. The summed E-state index contributed by atoms with van der Waals surface area (Å²) in [5, 5.41) is 0.940. The van der Waals surface area contributed by atoms with Crippen molar-refractivity contribution < 1.29 is 9.47 Å². The Morgan fingerprint density at radius 2 is 1.03 bits per heavy atom. The van der Waals surface area contributed by atoms with Crippen molar-refractivity contribution in [2.24, 2.45) is 11.5 Å². The minimum absolute atomic E-state index is 0.325. The van der Waals surface area contributed by atoms with Crippen molar-refractivity contribution in [3.05, 3.63) is 70.2 Å². The van der Waals surface area contributed by atoms with Gasteiger partial charge >= 0.3 is 0 Å². The minimum Gasteiger partial charge on any atom is -0.480 e. The number of nitrogens with zero attached hydrogens (tertiary/aromatic N) is 4. The minimum atomic E-state index is -0.325. The number of aromatic nitrogens is 4. The number of nitrogens with two attached hydrogens (primary N) is 2. The van der Waals surface area contributed by atoms with Crippen LogP contribution < -0.4 is 20.9 Å². The lowest BCUT2D eigenvalue weighted by atomic mass is 9.98. The molecule has 0 fully saturated rings. The standard InChI is InChI=1S/C26H26Cl2N6O2/c1-13(29)23-25(35-3)33-19(11-31-23)17-9-5-7-15(21(17)27)16-8-6-10-18(22(16)28)20-12-32-24(14(2)30)26(34-20)36-4/h5-14H,29-30H2,1-4H3. The van der Waals surface area contributed by atoms with Crippen molar-refractivity contribution in [2.75, 3.05) is 14.2 Å². The van der Waals surface area contributed by atoms with Gasteiger partial charge in [-0.25, -0.2) is 9.97 Å². The monoisotopic (exact) mass is 524 g/mol. The zero-order valence-corrected chi connectivity index (χ0v) is 21.8. The van der Waals surface area contributed by atoms with Crippen LogP contribution in [0, 0.1) is 0 Å². The highest BCUT2D eigenvalue weighted by Crippen LogP contribution is 2.42. The van der Waals surface area contributed by atoms with Crippen LogP contribution in [0.15, 0.2) is 48.8 Å². The normalized spacial score (nSPS) is 12.8. The molecule has 2 aromatic carbocycles. The molecule has 0 bridgehead atoms. The fourth-order valence-corrected chi connectivity index (χ4v) is 4.47. The van der Waals surface area contributed by atoms with E-state index in [9.17, 15) is 0 Å². The molecular weight excluding hydrogens is 499 g/mol. The van der Waals surface area contributed by atoms with Crippen molar-refractivity contribution in [3.63, 3.8) is 0 Å². The summed E-state index contributed by atoms with van der Waals surface area (Å²) in [4.78, 5) is 18.1. The highest BCUT2D eigenvalue weighted by Gasteiger charge is 2.20. The van der Waals surface area contributed by atoms with E-state index in [1.165, 1.54) is 14.2 Å². The number of methoxy groups -OCH3 is 2. The average Bonchev–Trinajstić information content (AvgIpc) is 2.88. The zero-order valence-electron chi connectivity index (χ0n) is 20.3. The molecule has 0 aliphatic heterocycles. The lowest BCUT2D eigenvalue weighted by Gasteiger charge is -2.15. The van der Waals surface area contributed by atoms with Gasteiger partial charge in [0, 0.05) is 34.3 Å². The van der Waals surface area contributed by atoms with Gasteiger partial charge in [-0.15, -0.1) is 0 Å². The summed E-state index contributed by atoms with van der Waals surface area (Å²) >= 11 is 13.8. The van der Waals surface area contributed by atoms with Gasteiger partial charge in [0.1, 0.15) is 11.4 Å². The van der Waals surface area contributed by atoms with Gasteiger partial charge in [0.05, 0.1) is 48.0 Å². The Labute approximate surface area is 219 Å². The maximum absolute atomic E-state index is 6.90. The summed E-state index contributed by atoms with van der Waals surface area (Å²) in [5.41, 5.74) is 17.0. The van der Waals surface area contributed by atoms with E-state index in [4.69, 9.17) is 44.1 Å². The van der Waals surface area contributed by atoms with Crippen LogP contribution in [-0.4, -0.2) is 34.2 Å². The van der Waals surface area contributed by atoms with E-state index in [2.05, 4.69) is 19.9 Å². The molecule has 2 heterocycles. The molecule has 0 saturated carbocycles. The molecule has 0 aliphatic rings. The van der Waals surface area contributed by atoms with Crippen LogP contribution in [0.25, 0.3) is 33.6 Å². The predicted molar refractivity (Wildman–Crippen MR) is 142 cm³/mol. The molecule has 36 heavy (non-hydrogen) atoms. The molecule has 2 aromatic heterocycles. The fourth-order valence-electron chi connectivity index (χ4n) is 3.82. The first kappa shape index (κ1) is 25.8. The lowest BCUT2D eigenvalue weighted by molar-refractivity contribution is 0.386. The van der Waals surface area contributed by atoms with Gasteiger partial charge in [-0.2, -0.15) is 0 Å². The van der Waals surface area contributed by atoms with Crippen LogP contribution >= 0.6 is 23.2 Å². The van der Waals surface area contributed by atoms with Gasteiger partial charge in [-0.1, -0.05) is 59.6 Å². The summed E-state index contributed by atoms with van der Waals surface area (Å²) in [6, 6.07) is 10.6. The average molecular weight is 525 g/mol. The molecule has 186 valence electrons. The Balaban J connectivity index is 1.81. The third-order valence-electron chi connectivity index (χ3n) is 5.62. The zero-order chi connectivity index (χ0) is 26.0. The Morgan fingerprint density at radius 1 is 0.667 bits per heavy atom. The molecule has 0 saturated heterocycles. The van der Waals surface area contributed by atoms with Gasteiger partial charge in [-0.05, 0) is 13.8 Å². The van der Waals surface area contributed by atoms with Crippen LogP contribution in [0.2, 0.25) is 10.0 Å². The first-order valence-corrected chi connectivity index (χ1v) is 11.9. The molecule has 0 radical (unpaired) electrons. The quantitative estimate of drug-likeness (QED) is 0.318. The summed E-state index contributed by atoms with van der Waals surface area (Å²) in [6.45, 7) is 3.64. The third kappa shape index (κ3) is 4.85. The van der Waals surface area contributed by atoms with Crippen LogP contribution in [0.4, 0.5) is 0 Å². The van der Waals surface area contributed by atoms with Crippen molar-refractivity contribution in [3.8, 4) is 45.4 Å². The lowest BCUT2D eigenvalue weighted by Crippen LogP contribution is -2.11. The smallest absolute Gasteiger partial charge is 0.237 e. The first-order valence-electron chi connectivity index (χ1n) is 11.2. The van der Waals surface area contributed by atoms with E-state index in [-0.39, 0.29) is 12.1 Å². The van der Waals surface area contributed by atoms with Crippen molar-refractivity contribution >= 4 is 23.2 Å². The topological polar surface area (TPSA) is 122 Å². The Morgan fingerprint density at radius 3 is 1.36 bits per heavy atom. The molecule has 2 unspecified atom stereocenters. The Hall–Kier alpha value is -3.30. The van der Waals surface area contributed by atoms with Crippen LogP contribution in [-0.2, 0) is 0 Å². The Kier molecular flexibility index (Phi) is 7.70. The maximum Gasteiger partial charge on any atom is 0.237 e. The van der Waals surface area contributed by atoms with Crippen LogP contribution in [0.3, 0.4) is 0 Å².